The molecule has 0 radical (unpaired) electrons. The molecule has 6 heteroatoms. The number of hydrogen-bond donors (Lipinski definition) is 0. The molecule has 0 aromatic heterocycles. The Kier molecular flexibility index (Phi) is 6.70. The Hall–Kier alpha value is -0.850. The lowest BCUT2D eigenvalue weighted by Gasteiger charge is -2.10. The van der Waals surface area contributed by atoms with Crippen LogP contribution in [0.4, 0.5) is 0 Å². The molecule has 2 aromatic rings. The molecule has 0 bridgehead atoms. The summed E-state index contributed by atoms with van der Waals surface area (Å²) in [7, 11) is -3.50. The predicted molar refractivity (Wildman–Crippen MR) is 116 cm³/mol. The van der Waals surface area contributed by atoms with Gasteiger partial charge in [0.05, 0.1) is 20.9 Å². The van der Waals surface area contributed by atoms with Crippen LogP contribution in [0, 0.1) is 6.92 Å². The molecule has 27 heavy (non-hydrogen) atoms. The van der Waals surface area contributed by atoms with Crippen LogP contribution in [0.3, 0.4) is 0 Å². The van der Waals surface area contributed by atoms with Gasteiger partial charge < -0.3 is 4.74 Å². The lowest BCUT2D eigenvalue weighted by atomic mass is 10.0. The standard InChI is InChI=1S/C21H24Br2O3S/c1-3-4-5-6-7-8-9-26-19-11-16-15-10-14(2)17(22)12-20(15)27(24,25)21(16)13-18(19)23/h10-13H,3-9H2,1-2H3. The third-order valence-corrected chi connectivity index (χ3v) is 8.23. The van der Waals surface area contributed by atoms with Gasteiger partial charge in [-0.3, -0.25) is 0 Å². The van der Waals surface area contributed by atoms with Gasteiger partial charge in [0.15, 0.2) is 0 Å². The molecule has 0 amide bonds. The first-order chi connectivity index (χ1) is 12.9. The highest BCUT2D eigenvalue weighted by molar-refractivity contribution is 9.10. The molecule has 0 saturated carbocycles. The van der Waals surface area contributed by atoms with Crippen molar-refractivity contribution in [3.05, 3.63) is 38.8 Å². The number of aryl methyl sites for hydroxylation is 1. The molecule has 2 aromatic carbocycles. The van der Waals surface area contributed by atoms with Crippen LogP contribution >= 0.6 is 31.9 Å². The van der Waals surface area contributed by atoms with Crippen LogP contribution in [-0.2, 0) is 9.84 Å². The number of benzene rings is 2. The maximum atomic E-state index is 12.9. The van der Waals surface area contributed by atoms with Crippen LogP contribution in [0.2, 0.25) is 0 Å². The number of unbranched alkanes of at least 4 members (excludes halogenated alkanes) is 5. The minimum atomic E-state index is -3.50. The number of sulfone groups is 1. The summed E-state index contributed by atoms with van der Waals surface area (Å²) in [4.78, 5) is 0.698. The highest BCUT2D eigenvalue weighted by Gasteiger charge is 2.34. The van der Waals surface area contributed by atoms with Crippen molar-refractivity contribution in [3.63, 3.8) is 0 Å². The summed E-state index contributed by atoms with van der Waals surface area (Å²) >= 11 is 6.92. The summed E-state index contributed by atoms with van der Waals surface area (Å²) in [6.07, 6.45) is 7.23. The first kappa shape index (κ1) is 20.9. The van der Waals surface area contributed by atoms with Gasteiger partial charge in [0.2, 0.25) is 9.84 Å². The maximum absolute atomic E-state index is 12.9. The smallest absolute Gasteiger partial charge is 0.207 e. The van der Waals surface area contributed by atoms with E-state index in [2.05, 4.69) is 38.8 Å². The molecule has 1 heterocycles. The van der Waals surface area contributed by atoms with Gasteiger partial charge in [-0.15, -0.1) is 0 Å². The normalized spacial score (nSPS) is 14.1. The van der Waals surface area contributed by atoms with Crippen molar-refractivity contribution in [2.75, 3.05) is 6.61 Å². The molecule has 1 aliphatic rings. The highest BCUT2D eigenvalue weighted by Crippen LogP contribution is 2.48. The lowest BCUT2D eigenvalue weighted by molar-refractivity contribution is 0.302. The van der Waals surface area contributed by atoms with Gasteiger partial charge in [-0.25, -0.2) is 8.42 Å². The lowest BCUT2D eigenvalue weighted by Crippen LogP contribution is -2.00. The van der Waals surface area contributed by atoms with Crippen molar-refractivity contribution in [2.45, 2.75) is 62.2 Å². The van der Waals surface area contributed by atoms with E-state index in [9.17, 15) is 8.42 Å². The second kappa shape index (κ2) is 8.66. The van der Waals surface area contributed by atoms with Crippen molar-refractivity contribution < 1.29 is 13.2 Å². The monoisotopic (exact) mass is 514 g/mol. The summed E-state index contributed by atoms with van der Waals surface area (Å²) < 4.78 is 33.2. The number of rotatable bonds is 8. The van der Waals surface area contributed by atoms with Crippen LogP contribution in [0.25, 0.3) is 11.1 Å². The number of fused-ring (bicyclic) bond motifs is 3. The quantitative estimate of drug-likeness (QED) is 0.301. The van der Waals surface area contributed by atoms with Gasteiger partial charge >= 0.3 is 0 Å². The third kappa shape index (κ3) is 4.28. The molecule has 0 atom stereocenters. The average Bonchev–Trinajstić information content (AvgIpc) is 2.82. The van der Waals surface area contributed by atoms with Crippen LogP contribution in [0.1, 0.15) is 51.0 Å². The number of hydrogen-bond acceptors (Lipinski definition) is 3. The van der Waals surface area contributed by atoms with Gasteiger partial charge in [-0.2, -0.15) is 0 Å². The van der Waals surface area contributed by atoms with E-state index in [1.54, 1.807) is 12.1 Å². The first-order valence-electron chi connectivity index (χ1n) is 9.38. The van der Waals surface area contributed by atoms with Gasteiger partial charge in [-0.05, 0) is 59.1 Å². The fraction of sp³-hybridized carbons (Fsp3) is 0.429. The van der Waals surface area contributed by atoms with E-state index < -0.39 is 9.84 Å². The van der Waals surface area contributed by atoms with Crippen molar-refractivity contribution in [1.82, 2.24) is 0 Å². The minimum absolute atomic E-state index is 0.341. The largest absolute Gasteiger partial charge is 0.492 e. The molecule has 3 rings (SSSR count). The zero-order chi connectivity index (χ0) is 19.6. The summed E-state index contributed by atoms with van der Waals surface area (Å²) in [6.45, 7) is 4.82. The number of halogens is 2. The van der Waals surface area contributed by atoms with Gasteiger partial charge in [0.25, 0.3) is 0 Å². The molecule has 1 aliphatic heterocycles. The molecule has 0 N–H and O–H groups in total. The Labute approximate surface area is 178 Å². The van der Waals surface area contributed by atoms with E-state index in [1.807, 2.05) is 19.1 Å². The summed E-state index contributed by atoms with van der Waals surface area (Å²) in [5.74, 6) is 0.700. The minimum Gasteiger partial charge on any atom is -0.492 e. The molecule has 0 spiro atoms. The summed E-state index contributed by atoms with van der Waals surface area (Å²) in [6, 6.07) is 7.15. The molecule has 0 fully saturated rings. The van der Waals surface area contributed by atoms with Crippen LogP contribution in [0.5, 0.6) is 5.75 Å². The van der Waals surface area contributed by atoms with Gasteiger partial charge in [-0.1, -0.05) is 55.0 Å². The van der Waals surface area contributed by atoms with E-state index in [0.29, 0.717) is 26.6 Å². The van der Waals surface area contributed by atoms with Gasteiger partial charge in [0, 0.05) is 15.6 Å². The Balaban J connectivity index is 1.80. The Bertz CT molecular complexity index is 952. The SMILES string of the molecule is CCCCCCCCOc1cc2c(cc1Br)S(=O)(=O)c1cc(Br)c(C)cc1-2. The Morgan fingerprint density at radius 1 is 0.852 bits per heavy atom. The molecule has 3 nitrogen and oxygen atoms in total. The summed E-state index contributed by atoms with van der Waals surface area (Å²) in [5, 5.41) is 0. The molecule has 146 valence electrons. The fourth-order valence-electron chi connectivity index (χ4n) is 3.36. The molecule has 0 aliphatic carbocycles. The first-order valence-corrected chi connectivity index (χ1v) is 12.4. The van der Waals surface area contributed by atoms with E-state index >= 15 is 0 Å². The average molecular weight is 516 g/mol. The van der Waals surface area contributed by atoms with Crippen LogP contribution in [0.15, 0.2) is 43.0 Å². The fourth-order valence-corrected chi connectivity index (χ4v) is 6.16. The maximum Gasteiger partial charge on any atom is 0.207 e. The van der Waals surface area contributed by atoms with Crippen molar-refractivity contribution in [1.29, 1.82) is 0 Å². The van der Waals surface area contributed by atoms with Crippen molar-refractivity contribution in [3.8, 4) is 16.9 Å². The van der Waals surface area contributed by atoms with E-state index in [4.69, 9.17) is 4.74 Å². The Morgan fingerprint density at radius 2 is 1.44 bits per heavy atom. The van der Waals surface area contributed by atoms with Crippen LogP contribution < -0.4 is 4.74 Å². The van der Waals surface area contributed by atoms with Gasteiger partial charge in [0.1, 0.15) is 5.75 Å². The van der Waals surface area contributed by atoms with E-state index in [1.165, 1.54) is 25.7 Å². The zero-order valence-electron chi connectivity index (χ0n) is 15.6. The number of ether oxygens (including phenoxy) is 1. The topological polar surface area (TPSA) is 43.4 Å². The second-order valence-corrected chi connectivity index (χ2v) is 10.6. The highest BCUT2D eigenvalue weighted by atomic mass is 79.9. The van der Waals surface area contributed by atoms with Crippen molar-refractivity contribution >= 4 is 41.7 Å². The molecule has 0 saturated heterocycles. The zero-order valence-corrected chi connectivity index (χ0v) is 19.6. The van der Waals surface area contributed by atoms with Crippen molar-refractivity contribution in [2.24, 2.45) is 0 Å². The molecule has 0 unspecified atom stereocenters. The molecular weight excluding hydrogens is 492 g/mol. The summed E-state index contributed by atoms with van der Waals surface area (Å²) in [5.41, 5.74) is 2.48. The van der Waals surface area contributed by atoms with E-state index in [-0.39, 0.29) is 0 Å². The molecular formula is C21H24Br2O3S. The Morgan fingerprint density at radius 3 is 2.15 bits per heavy atom. The predicted octanol–water partition coefficient (Wildman–Crippen LogP) is 7.07. The van der Waals surface area contributed by atoms with E-state index in [0.717, 1.165) is 34.0 Å². The third-order valence-electron chi connectivity index (χ3n) is 4.92. The second-order valence-electron chi connectivity index (χ2n) is 7.00. The van der Waals surface area contributed by atoms with Crippen LogP contribution in [-0.4, -0.2) is 15.0 Å².